The van der Waals surface area contributed by atoms with Gasteiger partial charge in [0.25, 0.3) is 0 Å². The lowest BCUT2D eigenvalue weighted by Gasteiger charge is -2.12. The highest BCUT2D eigenvalue weighted by molar-refractivity contribution is 7.84. The Labute approximate surface area is 84.9 Å². The largest absolute Gasteiger partial charge is 0.317 e. The number of rotatable bonds is 8. The summed E-state index contributed by atoms with van der Waals surface area (Å²) in [4.78, 5) is 0. The average Bonchev–Trinajstić information content (AvgIpc) is 2.13. The van der Waals surface area contributed by atoms with Crippen LogP contribution in [0, 0.1) is 0 Å². The Morgan fingerprint density at radius 3 is 2.46 bits per heavy atom. The number of nitrogens with one attached hydrogen (secondary N) is 1. The van der Waals surface area contributed by atoms with Gasteiger partial charge in [0.15, 0.2) is 0 Å². The monoisotopic (exact) mass is 205 g/mol. The van der Waals surface area contributed by atoms with Gasteiger partial charge < -0.3 is 5.32 Å². The Morgan fingerprint density at radius 1 is 1.31 bits per heavy atom. The highest BCUT2D eigenvalue weighted by Crippen LogP contribution is 2.02. The maximum absolute atomic E-state index is 11.3. The van der Waals surface area contributed by atoms with Gasteiger partial charge in [0.05, 0.1) is 0 Å². The van der Waals surface area contributed by atoms with E-state index in [1.807, 2.05) is 7.05 Å². The predicted molar refractivity (Wildman–Crippen MR) is 60.5 cm³/mol. The minimum absolute atomic E-state index is 0.568. The third-order valence-electron chi connectivity index (χ3n) is 2.26. The molecule has 0 rings (SSSR count). The Morgan fingerprint density at radius 2 is 2.00 bits per heavy atom. The molecule has 0 aromatic heterocycles. The van der Waals surface area contributed by atoms with E-state index in [1.165, 1.54) is 0 Å². The van der Waals surface area contributed by atoms with Crippen LogP contribution in [0.15, 0.2) is 0 Å². The first-order valence-electron chi connectivity index (χ1n) is 5.26. The van der Waals surface area contributed by atoms with Crippen molar-refractivity contribution < 1.29 is 4.21 Å². The van der Waals surface area contributed by atoms with Gasteiger partial charge in [-0.05, 0) is 32.7 Å². The van der Waals surface area contributed by atoms with Crippen LogP contribution < -0.4 is 5.32 Å². The van der Waals surface area contributed by atoms with E-state index in [1.54, 1.807) is 0 Å². The van der Waals surface area contributed by atoms with Gasteiger partial charge in [0.1, 0.15) is 0 Å². The van der Waals surface area contributed by atoms with Gasteiger partial charge in [-0.25, -0.2) is 0 Å². The second kappa shape index (κ2) is 8.70. The summed E-state index contributed by atoms with van der Waals surface area (Å²) >= 11 is 0. The first-order chi connectivity index (χ1) is 6.24. The second-order valence-electron chi connectivity index (χ2n) is 3.38. The molecule has 2 nitrogen and oxygen atoms in total. The minimum atomic E-state index is -0.568. The van der Waals surface area contributed by atoms with E-state index in [0.717, 1.165) is 37.2 Å². The van der Waals surface area contributed by atoms with E-state index < -0.39 is 10.8 Å². The molecule has 2 unspecified atom stereocenters. The molecule has 0 amide bonds. The van der Waals surface area contributed by atoms with Crippen molar-refractivity contribution in [3.8, 4) is 0 Å². The molecular formula is C10H23NOS. The second-order valence-corrected chi connectivity index (χ2v) is 5.08. The average molecular weight is 205 g/mol. The molecule has 2 atom stereocenters. The molecule has 3 heteroatoms. The summed E-state index contributed by atoms with van der Waals surface area (Å²) in [6, 6.07) is 0.610. The molecule has 0 aliphatic rings. The zero-order valence-corrected chi connectivity index (χ0v) is 9.95. The lowest BCUT2D eigenvalue weighted by atomic mass is 10.1. The molecule has 0 aliphatic heterocycles. The maximum atomic E-state index is 11.3. The van der Waals surface area contributed by atoms with E-state index in [0.29, 0.717) is 6.04 Å². The van der Waals surface area contributed by atoms with Crippen molar-refractivity contribution in [2.75, 3.05) is 18.6 Å². The fourth-order valence-corrected chi connectivity index (χ4v) is 2.52. The fourth-order valence-electron chi connectivity index (χ4n) is 1.37. The third-order valence-corrected chi connectivity index (χ3v) is 3.87. The lowest BCUT2D eigenvalue weighted by Crippen LogP contribution is -2.24. The van der Waals surface area contributed by atoms with Crippen molar-refractivity contribution in [3.05, 3.63) is 0 Å². The molecule has 0 aliphatic carbocycles. The van der Waals surface area contributed by atoms with Crippen LogP contribution in [0.4, 0.5) is 0 Å². The van der Waals surface area contributed by atoms with Gasteiger partial charge in [0.2, 0.25) is 0 Å². The Hall–Kier alpha value is 0.110. The standard InChI is InChI=1S/C10H23NOS/c1-4-8-13(12)9-6-7-10(5-2)11-3/h10-11H,4-9H2,1-3H3. The molecule has 0 saturated heterocycles. The van der Waals surface area contributed by atoms with Crippen molar-refractivity contribution in [3.63, 3.8) is 0 Å². The number of hydrogen-bond donors (Lipinski definition) is 1. The van der Waals surface area contributed by atoms with Crippen LogP contribution in [0.1, 0.15) is 39.5 Å². The van der Waals surface area contributed by atoms with Crippen LogP contribution in [-0.2, 0) is 10.8 Å². The maximum Gasteiger partial charge on any atom is 0.0235 e. The smallest absolute Gasteiger partial charge is 0.0235 e. The van der Waals surface area contributed by atoms with Crippen molar-refractivity contribution in [2.24, 2.45) is 0 Å². The predicted octanol–water partition coefficient (Wildman–Crippen LogP) is 1.92. The van der Waals surface area contributed by atoms with Crippen molar-refractivity contribution in [2.45, 2.75) is 45.6 Å². The molecular weight excluding hydrogens is 182 g/mol. The zero-order valence-electron chi connectivity index (χ0n) is 9.14. The Bertz CT molecular complexity index is 135. The van der Waals surface area contributed by atoms with E-state index >= 15 is 0 Å². The lowest BCUT2D eigenvalue weighted by molar-refractivity contribution is 0.503. The van der Waals surface area contributed by atoms with Crippen molar-refractivity contribution in [1.82, 2.24) is 5.32 Å². The highest BCUT2D eigenvalue weighted by atomic mass is 32.2. The van der Waals surface area contributed by atoms with Crippen molar-refractivity contribution in [1.29, 1.82) is 0 Å². The van der Waals surface area contributed by atoms with Gasteiger partial charge in [0, 0.05) is 28.3 Å². The van der Waals surface area contributed by atoms with Gasteiger partial charge in [-0.1, -0.05) is 13.8 Å². The summed E-state index contributed by atoms with van der Waals surface area (Å²) in [6.07, 6.45) is 4.45. The molecule has 0 bridgehead atoms. The topological polar surface area (TPSA) is 29.1 Å². The summed E-state index contributed by atoms with van der Waals surface area (Å²) in [7, 11) is 1.43. The van der Waals surface area contributed by atoms with E-state index in [-0.39, 0.29) is 0 Å². The summed E-state index contributed by atoms with van der Waals surface area (Å²) in [6.45, 7) is 4.27. The molecule has 1 N–H and O–H groups in total. The highest BCUT2D eigenvalue weighted by Gasteiger charge is 2.03. The van der Waals surface area contributed by atoms with E-state index in [9.17, 15) is 4.21 Å². The normalized spacial score (nSPS) is 15.6. The van der Waals surface area contributed by atoms with Gasteiger partial charge in [-0.2, -0.15) is 0 Å². The summed E-state index contributed by atoms with van der Waals surface area (Å²) in [5.74, 6) is 1.75. The third kappa shape index (κ3) is 7.20. The molecule has 0 aromatic carbocycles. The fraction of sp³-hybridized carbons (Fsp3) is 1.00. The van der Waals surface area contributed by atoms with E-state index in [2.05, 4.69) is 19.2 Å². The first kappa shape index (κ1) is 13.1. The molecule has 13 heavy (non-hydrogen) atoms. The Kier molecular flexibility index (Phi) is 8.77. The quantitative estimate of drug-likeness (QED) is 0.656. The van der Waals surface area contributed by atoms with Gasteiger partial charge in [-0.3, -0.25) is 4.21 Å². The molecule has 80 valence electrons. The Balaban J connectivity index is 3.37. The van der Waals surface area contributed by atoms with Crippen LogP contribution in [0.25, 0.3) is 0 Å². The SMILES string of the molecule is CCCS(=O)CCCC(CC)NC. The van der Waals surface area contributed by atoms with Crippen LogP contribution >= 0.6 is 0 Å². The van der Waals surface area contributed by atoms with E-state index in [4.69, 9.17) is 0 Å². The molecule has 0 heterocycles. The van der Waals surface area contributed by atoms with Crippen LogP contribution in [0.3, 0.4) is 0 Å². The molecule has 0 spiro atoms. The zero-order chi connectivity index (χ0) is 10.1. The summed E-state index contributed by atoms with van der Waals surface area (Å²) < 4.78 is 11.3. The molecule has 0 fully saturated rings. The van der Waals surface area contributed by atoms with Crippen LogP contribution in [0.5, 0.6) is 0 Å². The van der Waals surface area contributed by atoms with Gasteiger partial charge in [-0.15, -0.1) is 0 Å². The summed E-state index contributed by atoms with van der Waals surface area (Å²) in [5.41, 5.74) is 0. The van der Waals surface area contributed by atoms with Gasteiger partial charge >= 0.3 is 0 Å². The first-order valence-corrected chi connectivity index (χ1v) is 6.75. The summed E-state index contributed by atoms with van der Waals surface area (Å²) in [5, 5.41) is 3.26. The minimum Gasteiger partial charge on any atom is -0.317 e. The van der Waals surface area contributed by atoms with Crippen LogP contribution in [-0.4, -0.2) is 28.8 Å². The molecule has 0 aromatic rings. The van der Waals surface area contributed by atoms with Crippen molar-refractivity contribution >= 4 is 10.8 Å². The molecule has 0 radical (unpaired) electrons. The van der Waals surface area contributed by atoms with Crippen LogP contribution in [0.2, 0.25) is 0 Å². The molecule has 0 saturated carbocycles. The number of hydrogen-bond acceptors (Lipinski definition) is 2.